The van der Waals surface area contributed by atoms with Crippen LogP contribution in [0.25, 0.3) is 10.8 Å². The van der Waals surface area contributed by atoms with E-state index in [1.807, 2.05) is 0 Å². The van der Waals surface area contributed by atoms with Crippen LogP contribution in [0, 0.1) is 0 Å². The van der Waals surface area contributed by atoms with E-state index in [4.69, 9.17) is 0 Å². The maximum Gasteiger partial charge on any atom is 0.0235 e. The van der Waals surface area contributed by atoms with Gasteiger partial charge in [0.25, 0.3) is 0 Å². The zero-order valence-corrected chi connectivity index (χ0v) is 16.2. The molecule has 3 aromatic rings. The number of rotatable bonds is 5. The van der Waals surface area contributed by atoms with Crippen molar-refractivity contribution in [3.05, 3.63) is 77.9 Å². The molecule has 0 spiro atoms. The van der Waals surface area contributed by atoms with Crippen LogP contribution in [-0.4, -0.2) is 42.2 Å². The van der Waals surface area contributed by atoms with E-state index in [0.717, 1.165) is 39.3 Å². The summed E-state index contributed by atoms with van der Waals surface area (Å²) in [6, 6.07) is 24.5. The molecule has 0 saturated carbocycles. The van der Waals surface area contributed by atoms with Gasteiger partial charge in [0, 0.05) is 44.2 Å². The van der Waals surface area contributed by atoms with Gasteiger partial charge < -0.3 is 0 Å². The molecule has 0 bridgehead atoms. The molecule has 134 valence electrons. The molecule has 4 rings (SSSR count). The van der Waals surface area contributed by atoms with Crippen molar-refractivity contribution in [3.8, 4) is 0 Å². The Morgan fingerprint density at radius 2 is 1.27 bits per heavy atom. The molecule has 0 aromatic heterocycles. The van der Waals surface area contributed by atoms with Crippen molar-refractivity contribution >= 4 is 22.5 Å². The van der Waals surface area contributed by atoms with E-state index < -0.39 is 0 Å². The Balaban J connectivity index is 1.31. The SMILES string of the molecule is CSc1ccc(CN2CCN(Cc3ccc4ccccc4c3)CC2)cc1. The molecule has 26 heavy (non-hydrogen) atoms. The minimum Gasteiger partial charge on any atom is -0.297 e. The van der Waals surface area contributed by atoms with Crippen molar-refractivity contribution < 1.29 is 0 Å². The quantitative estimate of drug-likeness (QED) is 0.597. The first kappa shape index (κ1) is 17.6. The lowest BCUT2D eigenvalue weighted by atomic mass is 10.1. The molecule has 0 aliphatic carbocycles. The molecule has 1 heterocycles. The van der Waals surface area contributed by atoms with Crippen LogP contribution >= 0.6 is 11.8 Å². The molecule has 1 saturated heterocycles. The number of hydrogen-bond acceptors (Lipinski definition) is 3. The van der Waals surface area contributed by atoms with Gasteiger partial charge in [-0.1, -0.05) is 48.5 Å². The molecule has 1 aliphatic rings. The number of nitrogens with zero attached hydrogens (tertiary/aromatic N) is 2. The van der Waals surface area contributed by atoms with Gasteiger partial charge in [-0.25, -0.2) is 0 Å². The fraction of sp³-hybridized carbons (Fsp3) is 0.304. The van der Waals surface area contributed by atoms with E-state index in [-0.39, 0.29) is 0 Å². The largest absolute Gasteiger partial charge is 0.297 e. The first-order valence-electron chi connectivity index (χ1n) is 9.35. The van der Waals surface area contributed by atoms with E-state index in [0.29, 0.717) is 0 Å². The van der Waals surface area contributed by atoms with Crippen LogP contribution in [0.3, 0.4) is 0 Å². The first-order chi connectivity index (χ1) is 12.8. The van der Waals surface area contributed by atoms with E-state index in [9.17, 15) is 0 Å². The molecule has 3 heteroatoms. The number of thioether (sulfide) groups is 1. The number of hydrogen-bond donors (Lipinski definition) is 0. The molecule has 0 atom stereocenters. The fourth-order valence-corrected chi connectivity index (χ4v) is 4.10. The maximum atomic E-state index is 2.58. The molecule has 2 nitrogen and oxygen atoms in total. The molecule has 0 amide bonds. The van der Waals surface area contributed by atoms with Crippen molar-refractivity contribution in [2.45, 2.75) is 18.0 Å². The summed E-state index contributed by atoms with van der Waals surface area (Å²) in [6.45, 7) is 6.72. The fourth-order valence-electron chi connectivity index (χ4n) is 3.69. The highest BCUT2D eigenvalue weighted by Crippen LogP contribution is 2.19. The summed E-state index contributed by atoms with van der Waals surface area (Å²) in [5, 5.41) is 2.67. The molecule has 3 aromatic carbocycles. The summed E-state index contributed by atoms with van der Waals surface area (Å²) >= 11 is 1.81. The Morgan fingerprint density at radius 1 is 0.692 bits per heavy atom. The third-order valence-electron chi connectivity index (χ3n) is 5.25. The van der Waals surface area contributed by atoms with Crippen LogP contribution in [0.5, 0.6) is 0 Å². The molecular weight excluding hydrogens is 336 g/mol. The Labute approximate surface area is 160 Å². The maximum absolute atomic E-state index is 2.58. The van der Waals surface area contributed by atoms with Gasteiger partial charge in [0.2, 0.25) is 0 Å². The van der Waals surface area contributed by atoms with Crippen LogP contribution in [-0.2, 0) is 13.1 Å². The Kier molecular flexibility index (Phi) is 5.59. The summed E-state index contributed by atoms with van der Waals surface area (Å²) in [7, 11) is 0. The summed E-state index contributed by atoms with van der Waals surface area (Å²) in [6.07, 6.45) is 2.13. The van der Waals surface area contributed by atoms with Gasteiger partial charge in [-0.05, 0) is 46.4 Å². The number of piperazine rings is 1. The summed E-state index contributed by atoms with van der Waals surface area (Å²) in [5.41, 5.74) is 2.84. The molecule has 0 unspecified atom stereocenters. The van der Waals surface area contributed by atoms with Crippen LogP contribution < -0.4 is 0 Å². The molecule has 0 radical (unpaired) electrons. The summed E-state index contributed by atoms with van der Waals surface area (Å²) < 4.78 is 0. The van der Waals surface area contributed by atoms with Crippen molar-refractivity contribution in [2.75, 3.05) is 32.4 Å². The van der Waals surface area contributed by atoms with E-state index in [1.165, 1.54) is 26.8 Å². The van der Waals surface area contributed by atoms with Crippen molar-refractivity contribution in [3.63, 3.8) is 0 Å². The van der Waals surface area contributed by atoms with Crippen LogP contribution in [0.15, 0.2) is 71.6 Å². The topological polar surface area (TPSA) is 6.48 Å². The molecule has 0 N–H and O–H groups in total. The third-order valence-corrected chi connectivity index (χ3v) is 5.99. The van der Waals surface area contributed by atoms with Crippen LogP contribution in [0.1, 0.15) is 11.1 Å². The highest BCUT2D eigenvalue weighted by atomic mass is 32.2. The zero-order valence-electron chi connectivity index (χ0n) is 15.4. The first-order valence-corrected chi connectivity index (χ1v) is 10.6. The van der Waals surface area contributed by atoms with Gasteiger partial charge in [0.15, 0.2) is 0 Å². The minimum absolute atomic E-state index is 1.06. The highest BCUT2D eigenvalue weighted by Gasteiger charge is 2.17. The summed E-state index contributed by atoms with van der Waals surface area (Å²) in [5.74, 6) is 0. The van der Waals surface area contributed by atoms with Gasteiger partial charge >= 0.3 is 0 Å². The lowest BCUT2D eigenvalue weighted by molar-refractivity contribution is 0.122. The van der Waals surface area contributed by atoms with Gasteiger partial charge in [-0.3, -0.25) is 9.80 Å². The predicted octanol–water partition coefficient (Wildman–Crippen LogP) is 4.88. The van der Waals surface area contributed by atoms with Gasteiger partial charge in [0.1, 0.15) is 0 Å². The van der Waals surface area contributed by atoms with Crippen LogP contribution in [0.4, 0.5) is 0 Å². The lowest BCUT2D eigenvalue weighted by Gasteiger charge is -2.34. The van der Waals surface area contributed by atoms with E-state index in [1.54, 1.807) is 11.8 Å². The standard InChI is InChI=1S/C23H26N2S/c1-26-23-10-7-19(8-11-23)17-24-12-14-25(15-13-24)18-20-6-9-21-4-2-3-5-22(21)16-20/h2-11,16H,12-15,17-18H2,1H3. The second-order valence-electron chi connectivity index (χ2n) is 7.08. The predicted molar refractivity (Wildman–Crippen MR) is 113 cm³/mol. The van der Waals surface area contributed by atoms with Crippen molar-refractivity contribution in [1.29, 1.82) is 0 Å². The monoisotopic (exact) mass is 362 g/mol. The average molecular weight is 363 g/mol. The molecular formula is C23H26N2S. The average Bonchev–Trinajstić information content (AvgIpc) is 2.70. The summed E-state index contributed by atoms with van der Waals surface area (Å²) in [4.78, 5) is 6.50. The minimum atomic E-state index is 1.06. The number of fused-ring (bicyclic) bond motifs is 1. The smallest absolute Gasteiger partial charge is 0.0235 e. The lowest BCUT2D eigenvalue weighted by Crippen LogP contribution is -2.45. The second kappa shape index (κ2) is 8.26. The van der Waals surface area contributed by atoms with Gasteiger partial charge in [0.05, 0.1) is 0 Å². The molecule has 1 aliphatic heterocycles. The zero-order chi connectivity index (χ0) is 17.8. The second-order valence-corrected chi connectivity index (χ2v) is 7.96. The Bertz CT molecular complexity index is 851. The number of benzene rings is 3. The van der Waals surface area contributed by atoms with Crippen molar-refractivity contribution in [2.24, 2.45) is 0 Å². The van der Waals surface area contributed by atoms with Crippen molar-refractivity contribution in [1.82, 2.24) is 9.80 Å². The molecule has 1 fully saturated rings. The normalized spacial score (nSPS) is 16.2. The van der Waals surface area contributed by atoms with Gasteiger partial charge in [-0.15, -0.1) is 11.8 Å². The Morgan fingerprint density at radius 3 is 1.92 bits per heavy atom. The van der Waals surface area contributed by atoms with Gasteiger partial charge in [-0.2, -0.15) is 0 Å². The van der Waals surface area contributed by atoms with E-state index in [2.05, 4.69) is 82.8 Å². The third kappa shape index (κ3) is 4.29. The van der Waals surface area contributed by atoms with E-state index >= 15 is 0 Å². The highest BCUT2D eigenvalue weighted by molar-refractivity contribution is 7.98. The van der Waals surface area contributed by atoms with Crippen LogP contribution in [0.2, 0.25) is 0 Å². The Hall–Kier alpha value is -1.81.